The Kier molecular flexibility index (Phi) is 6.78. The van der Waals surface area contributed by atoms with Gasteiger partial charge in [0.25, 0.3) is 5.91 Å². The van der Waals surface area contributed by atoms with Gasteiger partial charge < -0.3 is 14.8 Å². The smallest absolute Gasteiger partial charge is 0.255 e. The maximum atomic E-state index is 13.0. The Morgan fingerprint density at radius 3 is 2.18 bits per heavy atom. The zero-order valence-corrected chi connectivity index (χ0v) is 19.3. The van der Waals surface area contributed by atoms with E-state index < -0.39 is 10.0 Å². The lowest BCUT2D eigenvalue weighted by molar-refractivity contribution is -0.0440. The van der Waals surface area contributed by atoms with E-state index in [-0.39, 0.29) is 23.0 Å². The van der Waals surface area contributed by atoms with E-state index in [0.717, 1.165) is 0 Å². The van der Waals surface area contributed by atoms with Crippen LogP contribution in [0.5, 0.6) is 11.5 Å². The van der Waals surface area contributed by atoms with Gasteiger partial charge in [-0.15, -0.1) is 0 Å². The molecule has 1 aliphatic rings. The number of benzene rings is 3. The number of rotatable bonds is 6. The summed E-state index contributed by atoms with van der Waals surface area (Å²) in [5.41, 5.74) is 0.853. The van der Waals surface area contributed by atoms with Crippen molar-refractivity contribution in [2.45, 2.75) is 31.0 Å². The third kappa shape index (κ3) is 5.42. The van der Waals surface area contributed by atoms with Crippen LogP contribution in [0.1, 0.15) is 24.2 Å². The Labute approximate surface area is 194 Å². The van der Waals surface area contributed by atoms with Crippen molar-refractivity contribution in [3.05, 3.63) is 84.4 Å². The van der Waals surface area contributed by atoms with Gasteiger partial charge in [0.1, 0.15) is 5.75 Å². The zero-order valence-electron chi connectivity index (χ0n) is 18.5. The van der Waals surface area contributed by atoms with Crippen LogP contribution in [0.25, 0.3) is 0 Å². The minimum absolute atomic E-state index is 0.146. The number of amides is 1. The Morgan fingerprint density at radius 2 is 1.52 bits per heavy atom. The molecule has 1 amide bonds. The number of nitrogens with zero attached hydrogens (tertiary/aromatic N) is 1. The van der Waals surface area contributed by atoms with Crippen molar-refractivity contribution in [1.29, 1.82) is 0 Å². The Morgan fingerprint density at radius 1 is 0.909 bits per heavy atom. The summed E-state index contributed by atoms with van der Waals surface area (Å²) >= 11 is 0. The number of carbonyl (C=O) groups excluding carboxylic acids is 1. The van der Waals surface area contributed by atoms with Crippen molar-refractivity contribution in [3.8, 4) is 11.5 Å². The fourth-order valence-electron chi connectivity index (χ4n) is 3.72. The number of morpholine rings is 1. The molecule has 0 spiro atoms. The molecule has 33 heavy (non-hydrogen) atoms. The molecule has 1 aliphatic heterocycles. The average Bonchev–Trinajstić information content (AvgIpc) is 2.80. The van der Waals surface area contributed by atoms with E-state index in [2.05, 4.69) is 5.32 Å². The van der Waals surface area contributed by atoms with E-state index in [0.29, 0.717) is 35.8 Å². The summed E-state index contributed by atoms with van der Waals surface area (Å²) in [5.74, 6) is 0.795. The summed E-state index contributed by atoms with van der Waals surface area (Å²) in [5, 5.41) is 2.84. The first-order valence-electron chi connectivity index (χ1n) is 10.7. The molecule has 172 valence electrons. The maximum Gasteiger partial charge on any atom is 0.255 e. The first-order chi connectivity index (χ1) is 15.8. The lowest BCUT2D eigenvalue weighted by Gasteiger charge is -2.34. The molecule has 4 rings (SSSR count). The van der Waals surface area contributed by atoms with Crippen molar-refractivity contribution >= 4 is 21.6 Å². The summed E-state index contributed by atoms with van der Waals surface area (Å²) in [7, 11) is -3.67. The van der Waals surface area contributed by atoms with E-state index in [1.807, 2.05) is 50.2 Å². The topological polar surface area (TPSA) is 84.9 Å². The molecule has 1 N–H and O–H groups in total. The van der Waals surface area contributed by atoms with Gasteiger partial charge in [0.15, 0.2) is 5.75 Å². The van der Waals surface area contributed by atoms with Gasteiger partial charge in [0.2, 0.25) is 10.0 Å². The van der Waals surface area contributed by atoms with E-state index >= 15 is 0 Å². The largest absolute Gasteiger partial charge is 0.455 e. The molecule has 3 aromatic rings. The summed E-state index contributed by atoms with van der Waals surface area (Å²) in [4.78, 5) is 13.0. The Balaban J connectivity index is 1.48. The molecule has 2 atom stereocenters. The minimum atomic E-state index is -3.67. The van der Waals surface area contributed by atoms with Gasteiger partial charge in [-0.3, -0.25) is 4.79 Å². The Hall–Kier alpha value is -3.20. The number of hydrogen-bond donors (Lipinski definition) is 1. The highest BCUT2D eigenvalue weighted by atomic mass is 32.2. The summed E-state index contributed by atoms with van der Waals surface area (Å²) < 4.78 is 39.0. The molecule has 1 saturated heterocycles. The molecule has 1 heterocycles. The fraction of sp³-hybridized carbons (Fsp3) is 0.240. The molecular formula is C25H26N2O5S. The second kappa shape index (κ2) is 9.74. The summed E-state index contributed by atoms with van der Waals surface area (Å²) in [6.07, 6.45) is -0.349. The van der Waals surface area contributed by atoms with Gasteiger partial charge in [-0.1, -0.05) is 30.3 Å². The van der Waals surface area contributed by atoms with Gasteiger partial charge >= 0.3 is 0 Å². The van der Waals surface area contributed by atoms with Crippen molar-refractivity contribution in [2.75, 3.05) is 18.4 Å². The molecule has 0 aliphatic carbocycles. The first-order valence-corrected chi connectivity index (χ1v) is 12.2. The highest BCUT2D eigenvalue weighted by Gasteiger charge is 2.32. The lowest BCUT2D eigenvalue weighted by atomic mass is 10.2. The van der Waals surface area contributed by atoms with Crippen LogP contribution in [0.15, 0.2) is 83.8 Å². The summed E-state index contributed by atoms with van der Waals surface area (Å²) in [6, 6.07) is 22.3. The molecule has 1 fully saturated rings. The number of para-hydroxylation sites is 3. The summed E-state index contributed by atoms with van der Waals surface area (Å²) in [6.45, 7) is 4.30. The van der Waals surface area contributed by atoms with Crippen LogP contribution in [-0.4, -0.2) is 43.9 Å². The van der Waals surface area contributed by atoms with Crippen molar-refractivity contribution in [3.63, 3.8) is 0 Å². The van der Waals surface area contributed by atoms with Crippen LogP contribution in [0.3, 0.4) is 0 Å². The number of nitrogens with one attached hydrogen (secondary N) is 1. The molecule has 0 bridgehead atoms. The van der Waals surface area contributed by atoms with Gasteiger partial charge in [0.05, 0.1) is 22.8 Å². The standard InChI is InChI=1S/C25H26N2O5S/c1-18-16-27(17-19(2)31-18)33(29,30)22-14-12-20(13-15-22)25(28)26-23-10-6-7-11-24(23)32-21-8-4-3-5-9-21/h3-15,18-19H,16-17H2,1-2H3,(H,26,28)/t18-,19+. The van der Waals surface area contributed by atoms with Crippen LogP contribution in [0.2, 0.25) is 0 Å². The van der Waals surface area contributed by atoms with E-state index in [4.69, 9.17) is 9.47 Å². The SMILES string of the molecule is C[C@@H]1CN(S(=O)(=O)c2ccc(C(=O)Nc3ccccc3Oc3ccccc3)cc2)C[C@H](C)O1. The van der Waals surface area contributed by atoms with Crippen LogP contribution < -0.4 is 10.1 Å². The van der Waals surface area contributed by atoms with Gasteiger partial charge in [0, 0.05) is 18.7 Å². The molecule has 0 radical (unpaired) electrons. The highest BCUT2D eigenvalue weighted by Crippen LogP contribution is 2.29. The third-order valence-electron chi connectivity index (χ3n) is 5.25. The number of sulfonamides is 1. The minimum Gasteiger partial charge on any atom is -0.455 e. The number of anilines is 1. The number of ether oxygens (including phenoxy) is 2. The van der Waals surface area contributed by atoms with Crippen LogP contribution in [0, 0.1) is 0 Å². The van der Waals surface area contributed by atoms with Crippen molar-refractivity contribution in [1.82, 2.24) is 4.31 Å². The second-order valence-electron chi connectivity index (χ2n) is 7.97. The highest BCUT2D eigenvalue weighted by molar-refractivity contribution is 7.89. The van der Waals surface area contributed by atoms with E-state index in [1.165, 1.54) is 28.6 Å². The van der Waals surface area contributed by atoms with E-state index in [1.54, 1.807) is 18.2 Å². The van der Waals surface area contributed by atoms with Gasteiger partial charge in [-0.25, -0.2) is 8.42 Å². The maximum absolute atomic E-state index is 13.0. The zero-order chi connectivity index (χ0) is 23.4. The second-order valence-corrected chi connectivity index (χ2v) is 9.91. The molecular weight excluding hydrogens is 440 g/mol. The van der Waals surface area contributed by atoms with Gasteiger partial charge in [-0.05, 0) is 62.4 Å². The normalized spacial score (nSPS) is 19.1. The van der Waals surface area contributed by atoms with Crippen LogP contribution in [-0.2, 0) is 14.8 Å². The fourth-order valence-corrected chi connectivity index (χ4v) is 5.31. The molecule has 0 aromatic heterocycles. The Bertz CT molecular complexity index is 1200. The van der Waals surface area contributed by atoms with Crippen LogP contribution >= 0.6 is 0 Å². The molecule has 8 heteroatoms. The predicted molar refractivity (Wildman–Crippen MR) is 126 cm³/mol. The van der Waals surface area contributed by atoms with Crippen LogP contribution in [0.4, 0.5) is 5.69 Å². The van der Waals surface area contributed by atoms with Gasteiger partial charge in [-0.2, -0.15) is 4.31 Å². The number of carbonyl (C=O) groups is 1. The monoisotopic (exact) mass is 466 g/mol. The lowest BCUT2D eigenvalue weighted by Crippen LogP contribution is -2.48. The first kappa shape index (κ1) is 23.0. The third-order valence-corrected chi connectivity index (χ3v) is 7.09. The molecule has 3 aromatic carbocycles. The average molecular weight is 467 g/mol. The molecule has 0 unspecified atom stereocenters. The van der Waals surface area contributed by atoms with Crippen molar-refractivity contribution < 1.29 is 22.7 Å². The number of hydrogen-bond acceptors (Lipinski definition) is 5. The quantitative estimate of drug-likeness (QED) is 0.577. The molecule has 0 saturated carbocycles. The van der Waals surface area contributed by atoms with E-state index in [9.17, 15) is 13.2 Å². The predicted octanol–water partition coefficient (Wildman–Crippen LogP) is 4.53. The van der Waals surface area contributed by atoms with Crippen molar-refractivity contribution in [2.24, 2.45) is 0 Å². The molecule has 7 nitrogen and oxygen atoms in total.